The van der Waals surface area contributed by atoms with Crippen LogP contribution in [-0.4, -0.2) is 51.1 Å². The third kappa shape index (κ3) is 9.93. The highest BCUT2D eigenvalue weighted by Gasteiger charge is 2.25. The van der Waals surface area contributed by atoms with Crippen LogP contribution in [0.1, 0.15) is 46.5 Å². The number of aliphatic hydroxyl groups excluding tert-OH is 1. The molecule has 0 fully saturated rings. The molecule has 0 radical (unpaired) electrons. The fourth-order valence-corrected chi connectivity index (χ4v) is 2.89. The molecule has 1 aromatic carbocycles. The summed E-state index contributed by atoms with van der Waals surface area (Å²) in [4.78, 5) is 4.78. The Balaban J connectivity index is 0.00000729. The predicted molar refractivity (Wildman–Crippen MR) is 128 cm³/mol. The van der Waals surface area contributed by atoms with Crippen molar-refractivity contribution < 1.29 is 14.6 Å². The zero-order valence-electron chi connectivity index (χ0n) is 17.8. The maximum Gasteiger partial charge on any atom is 0.195 e. The molecule has 0 saturated heterocycles. The third-order valence-electron chi connectivity index (χ3n) is 4.92. The van der Waals surface area contributed by atoms with Crippen molar-refractivity contribution in [3.8, 4) is 5.75 Å². The summed E-state index contributed by atoms with van der Waals surface area (Å²) in [6.45, 7) is 9.37. The van der Waals surface area contributed by atoms with Crippen LogP contribution in [0.3, 0.4) is 0 Å². The molecule has 162 valence electrons. The van der Waals surface area contributed by atoms with E-state index in [4.69, 9.17) is 14.5 Å². The first kappa shape index (κ1) is 26.9. The number of ether oxygens (including phenoxy) is 2. The van der Waals surface area contributed by atoms with Gasteiger partial charge in [0.05, 0.1) is 6.61 Å². The molecule has 0 aromatic heterocycles. The summed E-state index contributed by atoms with van der Waals surface area (Å²) in [6.07, 6.45) is 3.63. The first-order valence-electron chi connectivity index (χ1n) is 10.0. The normalized spacial score (nSPS) is 11.7. The van der Waals surface area contributed by atoms with Gasteiger partial charge in [0.25, 0.3) is 0 Å². The number of nitrogens with one attached hydrogen (secondary N) is 2. The van der Waals surface area contributed by atoms with Crippen molar-refractivity contribution >= 4 is 35.6 Å². The van der Waals surface area contributed by atoms with Gasteiger partial charge in [-0.1, -0.05) is 19.9 Å². The van der Waals surface area contributed by atoms with E-state index in [2.05, 4.69) is 24.5 Å². The Hall–Kier alpha value is -1.06. The standard InChI is InChI=1S/C21H37N3O3.HI/c1-5-21(6-2,12-13-25)17-23-20(22-7-3)24-18-10-8-11-19(16-18)27-15-9-14-26-4;/h8,10-11,16,25H,5-7,9,12-15,17H2,1-4H3,(H2,22,23,24);1H. The minimum atomic E-state index is 0. The molecule has 6 nitrogen and oxygen atoms in total. The van der Waals surface area contributed by atoms with Crippen LogP contribution in [0.2, 0.25) is 0 Å². The summed E-state index contributed by atoms with van der Waals surface area (Å²) in [5, 5.41) is 16.1. The van der Waals surface area contributed by atoms with Crippen molar-refractivity contribution in [3.63, 3.8) is 0 Å². The van der Waals surface area contributed by atoms with Crippen LogP contribution in [-0.2, 0) is 4.74 Å². The van der Waals surface area contributed by atoms with Gasteiger partial charge in [0.15, 0.2) is 5.96 Å². The second-order valence-electron chi connectivity index (χ2n) is 6.72. The van der Waals surface area contributed by atoms with Crippen LogP contribution in [0.5, 0.6) is 5.75 Å². The molecule has 0 aliphatic heterocycles. The van der Waals surface area contributed by atoms with Gasteiger partial charge in [-0.3, -0.25) is 4.99 Å². The number of anilines is 1. The molecule has 1 rings (SSSR count). The van der Waals surface area contributed by atoms with Crippen molar-refractivity contribution in [1.29, 1.82) is 0 Å². The van der Waals surface area contributed by atoms with Gasteiger partial charge < -0.3 is 25.2 Å². The second kappa shape index (κ2) is 15.8. The topological polar surface area (TPSA) is 75.1 Å². The summed E-state index contributed by atoms with van der Waals surface area (Å²) in [5.41, 5.74) is 0.975. The van der Waals surface area contributed by atoms with Gasteiger partial charge in [0.1, 0.15) is 5.75 Å². The molecule has 3 N–H and O–H groups in total. The molecule has 0 amide bonds. The molecule has 0 aliphatic carbocycles. The largest absolute Gasteiger partial charge is 0.493 e. The highest BCUT2D eigenvalue weighted by Crippen LogP contribution is 2.30. The molecule has 0 aliphatic rings. The summed E-state index contributed by atoms with van der Waals surface area (Å²) in [5.74, 6) is 1.57. The number of hydrogen-bond acceptors (Lipinski definition) is 4. The number of methoxy groups -OCH3 is 1. The van der Waals surface area contributed by atoms with Crippen molar-refractivity contribution in [2.45, 2.75) is 46.5 Å². The molecule has 0 saturated carbocycles. The lowest BCUT2D eigenvalue weighted by molar-refractivity contribution is 0.172. The van der Waals surface area contributed by atoms with E-state index in [9.17, 15) is 5.11 Å². The fraction of sp³-hybridized carbons (Fsp3) is 0.667. The second-order valence-corrected chi connectivity index (χ2v) is 6.72. The zero-order chi connectivity index (χ0) is 20.0. The van der Waals surface area contributed by atoms with Crippen LogP contribution in [0.15, 0.2) is 29.3 Å². The van der Waals surface area contributed by atoms with Crippen molar-refractivity contribution in [1.82, 2.24) is 5.32 Å². The summed E-state index contributed by atoms with van der Waals surface area (Å²) < 4.78 is 10.8. The van der Waals surface area contributed by atoms with E-state index >= 15 is 0 Å². The van der Waals surface area contributed by atoms with E-state index in [-0.39, 0.29) is 36.0 Å². The average molecular weight is 507 g/mol. The Morgan fingerprint density at radius 2 is 1.93 bits per heavy atom. The van der Waals surface area contributed by atoms with Crippen LogP contribution < -0.4 is 15.4 Å². The number of aliphatic imine (C=N–C) groups is 1. The summed E-state index contributed by atoms with van der Waals surface area (Å²) in [7, 11) is 1.69. The minimum Gasteiger partial charge on any atom is -0.493 e. The molecule has 28 heavy (non-hydrogen) atoms. The molecule has 0 heterocycles. The Morgan fingerprint density at radius 3 is 2.54 bits per heavy atom. The summed E-state index contributed by atoms with van der Waals surface area (Å²) in [6, 6.07) is 7.88. The minimum absolute atomic E-state index is 0. The highest BCUT2D eigenvalue weighted by molar-refractivity contribution is 14.0. The van der Waals surface area contributed by atoms with Gasteiger partial charge in [-0.25, -0.2) is 0 Å². The number of guanidine groups is 1. The van der Waals surface area contributed by atoms with E-state index in [1.807, 2.05) is 31.2 Å². The SMILES string of the molecule is CCNC(=NCC(CC)(CC)CCO)Nc1cccc(OCCCOC)c1.I. The maximum absolute atomic E-state index is 9.40. The Morgan fingerprint density at radius 1 is 1.18 bits per heavy atom. The Labute approximate surface area is 187 Å². The molecule has 0 unspecified atom stereocenters. The number of nitrogens with zero attached hydrogens (tertiary/aromatic N) is 1. The van der Waals surface area contributed by atoms with Crippen LogP contribution in [0.4, 0.5) is 5.69 Å². The van der Waals surface area contributed by atoms with Gasteiger partial charge in [0, 0.05) is 51.6 Å². The van der Waals surface area contributed by atoms with E-state index in [1.165, 1.54) is 0 Å². The monoisotopic (exact) mass is 507 g/mol. The highest BCUT2D eigenvalue weighted by atomic mass is 127. The lowest BCUT2D eigenvalue weighted by Crippen LogP contribution is -2.33. The van der Waals surface area contributed by atoms with Crippen molar-refractivity contribution in [3.05, 3.63) is 24.3 Å². The number of benzene rings is 1. The van der Waals surface area contributed by atoms with Gasteiger partial charge in [-0.2, -0.15) is 0 Å². The quantitative estimate of drug-likeness (QED) is 0.161. The first-order chi connectivity index (χ1) is 13.1. The fourth-order valence-electron chi connectivity index (χ4n) is 2.89. The lowest BCUT2D eigenvalue weighted by Gasteiger charge is -2.29. The average Bonchev–Trinajstić information content (AvgIpc) is 2.69. The number of aliphatic hydroxyl groups is 1. The maximum atomic E-state index is 9.40. The van der Waals surface area contributed by atoms with Gasteiger partial charge in [-0.05, 0) is 43.7 Å². The Kier molecular flexibility index (Phi) is 15.2. The number of hydrogen-bond donors (Lipinski definition) is 3. The smallest absolute Gasteiger partial charge is 0.195 e. The Bertz CT molecular complexity index is 551. The van der Waals surface area contributed by atoms with E-state index in [0.717, 1.165) is 49.6 Å². The molecule has 0 atom stereocenters. The first-order valence-corrected chi connectivity index (χ1v) is 10.0. The van der Waals surface area contributed by atoms with E-state index < -0.39 is 0 Å². The zero-order valence-corrected chi connectivity index (χ0v) is 20.1. The molecule has 1 aromatic rings. The van der Waals surface area contributed by atoms with Gasteiger partial charge >= 0.3 is 0 Å². The summed E-state index contributed by atoms with van der Waals surface area (Å²) >= 11 is 0. The van der Waals surface area contributed by atoms with Crippen molar-refractivity contribution in [2.75, 3.05) is 45.3 Å². The van der Waals surface area contributed by atoms with Crippen LogP contribution in [0.25, 0.3) is 0 Å². The number of halogens is 1. The van der Waals surface area contributed by atoms with Crippen molar-refractivity contribution in [2.24, 2.45) is 10.4 Å². The molecular formula is C21H38IN3O3. The van der Waals surface area contributed by atoms with E-state index in [1.54, 1.807) is 7.11 Å². The van der Waals surface area contributed by atoms with Crippen LogP contribution >= 0.6 is 24.0 Å². The van der Waals surface area contributed by atoms with Gasteiger partial charge in [0.2, 0.25) is 0 Å². The molecule has 7 heteroatoms. The number of rotatable bonds is 13. The van der Waals surface area contributed by atoms with E-state index in [0.29, 0.717) is 19.8 Å². The molecular weight excluding hydrogens is 469 g/mol. The molecule has 0 bridgehead atoms. The predicted octanol–water partition coefficient (Wildman–Crippen LogP) is 4.29. The lowest BCUT2D eigenvalue weighted by atomic mass is 9.79. The van der Waals surface area contributed by atoms with Crippen LogP contribution in [0, 0.1) is 5.41 Å². The third-order valence-corrected chi connectivity index (χ3v) is 4.92. The van der Waals surface area contributed by atoms with Gasteiger partial charge in [-0.15, -0.1) is 24.0 Å². The molecule has 0 spiro atoms.